The van der Waals surface area contributed by atoms with Gasteiger partial charge in [-0.25, -0.2) is 4.98 Å². The summed E-state index contributed by atoms with van der Waals surface area (Å²) in [6.45, 7) is 5.50. The molecule has 0 radical (unpaired) electrons. The first-order valence-electron chi connectivity index (χ1n) is 5.85. The number of hydrogen-bond donors (Lipinski definition) is 3. The lowest BCUT2D eigenvalue weighted by atomic mass is 10.2. The molecule has 0 saturated heterocycles. The minimum Gasteiger partial charge on any atom is -0.395 e. The summed E-state index contributed by atoms with van der Waals surface area (Å²) < 4.78 is 0. The van der Waals surface area contributed by atoms with Crippen LogP contribution in [0.1, 0.15) is 34.5 Å². The lowest BCUT2D eigenvalue weighted by Crippen LogP contribution is -2.17. The van der Waals surface area contributed by atoms with Crippen molar-refractivity contribution < 1.29 is 4.79 Å². The molecular formula is C11H15N7O. The van der Waals surface area contributed by atoms with Crippen molar-refractivity contribution in [3.8, 4) is 0 Å². The van der Waals surface area contributed by atoms with E-state index in [0.29, 0.717) is 23.5 Å². The number of aryl methyl sites for hydroxylation is 3. The number of aromatic amines is 1. The molecule has 0 saturated carbocycles. The number of nitrogen functional groups attached to an aromatic ring is 1. The van der Waals surface area contributed by atoms with E-state index in [2.05, 4.69) is 30.7 Å². The Morgan fingerprint density at radius 2 is 2.05 bits per heavy atom. The highest BCUT2D eigenvalue weighted by Gasteiger charge is 2.17. The van der Waals surface area contributed by atoms with Gasteiger partial charge in [0, 0.05) is 0 Å². The number of rotatable bonds is 3. The van der Waals surface area contributed by atoms with Gasteiger partial charge in [0.25, 0.3) is 5.91 Å². The molecule has 0 aliphatic rings. The summed E-state index contributed by atoms with van der Waals surface area (Å²) in [5.74, 6) is -0.327. The average Bonchev–Trinajstić information content (AvgIpc) is 2.75. The number of carbonyl (C=O) groups excluding carboxylic acids is 1. The molecule has 0 bridgehead atoms. The molecule has 2 aromatic rings. The number of carbonyl (C=O) groups is 1. The Labute approximate surface area is 109 Å². The van der Waals surface area contributed by atoms with E-state index < -0.39 is 5.91 Å². The Morgan fingerprint density at radius 1 is 1.32 bits per heavy atom. The second kappa shape index (κ2) is 5.01. The largest absolute Gasteiger partial charge is 0.395 e. The maximum atomic E-state index is 12.0. The molecule has 0 aromatic carbocycles. The van der Waals surface area contributed by atoms with Crippen LogP contribution >= 0.6 is 0 Å². The fraction of sp³-hybridized carbons (Fsp3) is 0.364. The van der Waals surface area contributed by atoms with Gasteiger partial charge in [0.1, 0.15) is 0 Å². The quantitative estimate of drug-likeness (QED) is 0.743. The van der Waals surface area contributed by atoms with Crippen LogP contribution in [-0.4, -0.2) is 31.3 Å². The molecule has 8 heteroatoms. The summed E-state index contributed by atoms with van der Waals surface area (Å²) in [6, 6.07) is 0. The van der Waals surface area contributed by atoms with Crippen LogP contribution in [0.25, 0.3) is 0 Å². The van der Waals surface area contributed by atoms with Gasteiger partial charge in [-0.3, -0.25) is 15.2 Å². The molecule has 0 spiro atoms. The van der Waals surface area contributed by atoms with Crippen molar-refractivity contribution in [2.45, 2.75) is 27.2 Å². The summed E-state index contributed by atoms with van der Waals surface area (Å²) in [4.78, 5) is 16.1. The Hall–Kier alpha value is -2.51. The topological polar surface area (TPSA) is 122 Å². The van der Waals surface area contributed by atoms with Gasteiger partial charge in [-0.15, -0.1) is 5.10 Å². The van der Waals surface area contributed by atoms with E-state index >= 15 is 0 Å². The van der Waals surface area contributed by atoms with Crippen LogP contribution in [0.2, 0.25) is 0 Å². The third-order valence-corrected chi connectivity index (χ3v) is 2.77. The first kappa shape index (κ1) is 12.9. The van der Waals surface area contributed by atoms with Gasteiger partial charge in [-0.05, 0) is 20.3 Å². The Bertz CT molecular complexity index is 620. The van der Waals surface area contributed by atoms with E-state index in [1.807, 2.05) is 6.92 Å². The SMILES string of the molecule is CCc1[nH]nc(C(=O)Nc2nnc(C)c(C)n2)c1N. The van der Waals surface area contributed by atoms with Crippen molar-refractivity contribution in [2.24, 2.45) is 0 Å². The third kappa shape index (κ3) is 2.51. The minimum atomic E-state index is -0.460. The molecule has 0 unspecified atom stereocenters. The van der Waals surface area contributed by atoms with Crippen LogP contribution in [0, 0.1) is 13.8 Å². The van der Waals surface area contributed by atoms with Crippen molar-refractivity contribution in [1.29, 1.82) is 0 Å². The maximum absolute atomic E-state index is 12.0. The van der Waals surface area contributed by atoms with Gasteiger partial charge < -0.3 is 5.73 Å². The molecule has 1 amide bonds. The highest BCUT2D eigenvalue weighted by atomic mass is 16.2. The Kier molecular flexibility index (Phi) is 3.41. The van der Waals surface area contributed by atoms with Gasteiger partial charge in [0.05, 0.1) is 22.8 Å². The van der Waals surface area contributed by atoms with Gasteiger partial charge in [-0.1, -0.05) is 6.92 Å². The highest BCUT2D eigenvalue weighted by molar-refractivity contribution is 6.05. The van der Waals surface area contributed by atoms with Crippen molar-refractivity contribution >= 4 is 17.5 Å². The Balaban J connectivity index is 2.20. The minimum absolute atomic E-state index is 0.133. The molecule has 8 nitrogen and oxygen atoms in total. The second-order valence-corrected chi connectivity index (χ2v) is 4.08. The van der Waals surface area contributed by atoms with E-state index in [4.69, 9.17) is 5.73 Å². The number of nitrogens with one attached hydrogen (secondary N) is 2. The molecule has 4 N–H and O–H groups in total. The number of nitrogens with two attached hydrogens (primary N) is 1. The lowest BCUT2D eigenvalue weighted by Gasteiger charge is -2.03. The molecular weight excluding hydrogens is 246 g/mol. The van der Waals surface area contributed by atoms with Crippen LogP contribution in [-0.2, 0) is 6.42 Å². The van der Waals surface area contributed by atoms with Crippen LogP contribution in [0.5, 0.6) is 0 Å². The van der Waals surface area contributed by atoms with Gasteiger partial charge in [0.15, 0.2) is 5.69 Å². The summed E-state index contributed by atoms with van der Waals surface area (Å²) in [5, 5.41) is 16.8. The summed E-state index contributed by atoms with van der Waals surface area (Å²) in [6.07, 6.45) is 0.674. The third-order valence-electron chi connectivity index (χ3n) is 2.77. The van der Waals surface area contributed by atoms with Crippen molar-refractivity contribution in [3.05, 3.63) is 22.8 Å². The molecule has 0 fully saturated rings. The van der Waals surface area contributed by atoms with Crippen LogP contribution in [0.4, 0.5) is 11.6 Å². The average molecular weight is 261 g/mol. The number of H-pyrrole nitrogens is 1. The first-order chi connectivity index (χ1) is 9.02. The monoisotopic (exact) mass is 261 g/mol. The number of anilines is 2. The molecule has 0 aliphatic carbocycles. The number of nitrogens with zero attached hydrogens (tertiary/aromatic N) is 4. The smallest absolute Gasteiger partial charge is 0.280 e. The van der Waals surface area contributed by atoms with Crippen LogP contribution in [0.3, 0.4) is 0 Å². The van der Waals surface area contributed by atoms with E-state index in [1.54, 1.807) is 13.8 Å². The number of aromatic nitrogens is 5. The summed E-state index contributed by atoms with van der Waals surface area (Å²) in [7, 11) is 0. The highest BCUT2D eigenvalue weighted by Crippen LogP contribution is 2.15. The normalized spacial score (nSPS) is 10.5. The predicted molar refractivity (Wildman–Crippen MR) is 69.6 cm³/mol. The molecule has 0 aliphatic heterocycles. The van der Waals surface area contributed by atoms with Crippen molar-refractivity contribution in [3.63, 3.8) is 0 Å². The zero-order valence-electron chi connectivity index (χ0n) is 11.0. The second-order valence-electron chi connectivity index (χ2n) is 4.08. The van der Waals surface area contributed by atoms with E-state index in [-0.39, 0.29) is 11.6 Å². The first-order valence-corrected chi connectivity index (χ1v) is 5.85. The predicted octanol–water partition coefficient (Wildman–Crippen LogP) is 0.608. The zero-order chi connectivity index (χ0) is 14.0. The summed E-state index contributed by atoms with van der Waals surface area (Å²) >= 11 is 0. The molecule has 2 aromatic heterocycles. The van der Waals surface area contributed by atoms with Crippen LogP contribution < -0.4 is 11.1 Å². The van der Waals surface area contributed by atoms with Crippen molar-refractivity contribution in [2.75, 3.05) is 11.1 Å². The fourth-order valence-electron chi connectivity index (χ4n) is 1.50. The van der Waals surface area contributed by atoms with Gasteiger partial charge >= 0.3 is 0 Å². The van der Waals surface area contributed by atoms with Gasteiger partial charge in [0.2, 0.25) is 5.95 Å². The molecule has 2 rings (SSSR count). The van der Waals surface area contributed by atoms with Crippen molar-refractivity contribution in [1.82, 2.24) is 25.4 Å². The van der Waals surface area contributed by atoms with E-state index in [9.17, 15) is 4.79 Å². The lowest BCUT2D eigenvalue weighted by molar-refractivity contribution is 0.102. The Morgan fingerprint density at radius 3 is 2.63 bits per heavy atom. The molecule has 100 valence electrons. The standard InChI is InChI=1S/C11H15N7O/c1-4-7-8(12)9(17-16-7)10(19)14-11-13-5(2)6(3)15-18-11/h4,12H2,1-3H3,(H,16,17)(H,13,14,18,19). The van der Waals surface area contributed by atoms with Gasteiger partial charge in [-0.2, -0.15) is 10.2 Å². The summed E-state index contributed by atoms with van der Waals surface area (Å²) in [5.41, 5.74) is 8.44. The van der Waals surface area contributed by atoms with E-state index in [0.717, 1.165) is 5.69 Å². The molecule has 19 heavy (non-hydrogen) atoms. The van der Waals surface area contributed by atoms with E-state index in [1.165, 1.54) is 0 Å². The maximum Gasteiger partial charge on any atom is 0.280 e. The van der Waals surface area contributed by atoms with Crippen LogP contribution in [0.15, 0.2) is 0 Å². The molecule has 2 heterocycles. The zero-order valence-corrected chi connectivity index (χ0v) is 11.0. The fourth-order valence-corrected chi connectivity index (χ4v) is 1.50. The number of amides is 1. The number of hydrogen-bond acceptors (Lipinski definition) is 6. The molecule has 0 atom stereocenters.